The zero-order valence-corrected chi connectivity index (χ0v) is 24.5. The van der Waals surface area contributed by atoms with Gasteiger partial charge >= 0.3 is 6.09 Å². The van der Waals surface area contributed by atoms with Gasteiger partial charge in [0.1, 0.15) is 11.8 Å². The number of amides is 1. The van der Waals surface area contributed by atoms with Crippen molar-refractivity contribution in [3.8, 4) is 0 Å². The third-order valence-electron chi connectivity index (χ3n) is 9.71. The first-order chi connectivity index (χ1) is 20.1. The van der Waals surface area contributed by atoms with Crippen molar-refractivity contribution in [3.63, 3.8) is 0 Å². The maximum Gasteiger partial charge on any atom is 0.412 e. The van der Waals surface area contributed by atoms with Crippen molar-refractivity contribution in [2.24, 2.45) is 0 Å². The third-order valence-corrected chi connectivity index (χ3v) is 9.71. The highest BCUT2D eigenvalue weighted by Gasteiger charge is 2.70. The fraction of sp³-hybridized carbons (Fsp3) is 0.885. The van der Waals surface area contributed by atoms with Crippen molar-refractivity contribution in [3.05, 3.63) is 11.6 Å². The number of tetrazole rings is 2. The molecule has 226 valence electrons. The number of aromatic nitrogens is 8. The fourth-order valence-electron chi connectivity index (χ4n) is 7.98. The van der Waals surface area contributed by atoms with Gasteiger partial charge in [0.15, 0.2) is 11.5 Å². The number of hydrogen-bond acceptors (Lipinski definition) is 12. The smallest absolute Gasteiger partial charge is 0.412 e. The minimum Gasteiger partial charge on any atom is -0.450 e. The van der Waals surface area contributed by atoms with Gasteiger partial charge in [-0.2, -0.15) is 10.4 Å². The minimum atomic E-state index is -0.947. The SMILES string of the molecule is CCOC(=O)N1C(N2CCCCC2)CN(Cc2nn[nH]n2)C(c2nn[nH]n2)(N2CCCCC2)C1(C)N1CCCCC1. The summed E-state index contributed by atoms with van der Waals surface area (Å²) in [6, 6.07) is 0. The average molecular weight is 572 g/mol. The highest BCUT2D eigenvalue weighted by molar-refractivity contribution is 5.70. The van der Waals surface area contributed by atoms with Crippen LogP contribution >= 0.6 is 0 Å². The summed E-state index contributed by atoms with van der Waals surface area (Å²) >= 11 is 0. The van der Waals surface area contributed by atoms with E-state index >= 15 is 0 Å². The number of piperazine rings is 1. The number of aromatic amines is 2. The predicted octanol–water partition coefficient (Wildman–Crippen LogP) is 1.34. The molecule has 0 aliphatic carbocycles. The van der Waals surface area contributed by atoms with Gasteiger partial charge in [-0.25, -0.2) is 4.79 Å². The number of nitrogens with zero attached hydrogens (tertiary/aromatic N) is 11. The number of carbonyl (C=O) groups is 1. The first kappa shape index (κ1) is 28.4. The van der Waals surface area contributed by atoms with Crippen LogP contribution in [0.25, 0.3) is 0 Å². The molecule has 6 heterocycles. The average Bonchev–Trinajstić information content (AvgIpc) is 3.74. The van der Waals surface area contributed by atoms with E-state index in [2.05, 4.69) is 67.6 Å². The van der Waals surface area contributed by atoms with Gasteiger partial charge in [-0.15, -0.1) is 20.4 Å². The second-order valence-electron chi connectivity index (χ2n) is 11.9. The summed E-state index contributed by atoms with van der Waals surface area (Å²) in [6.45, 7) is 10.7. The summed E-state index contributed by atoms with van der Waals surface area (Å²) in [7, 11) is 0. The Kier molecular flexibility index (Phi) is 8.47. The Morgan fingerprint density at radius 3 is 2.05 bits per heavy atom. The molecule has 0 saturated carbocycles. The van der Waals surface area contributed by atoms with Crippen molar-refractivity contribution in [2.75, 3.05) is 52.4 Å². The Hall–Kier alpha value is -2.75. The van der Waals surface area contributed by atoms with Crippen LogP contribution in [-0.4, -0.2) is 136 Å². The lowest BCUT2D eigenvalue weighted by atomic mass is 9.80. The molecule has 3 atom stereocenters. The molecule has 3 unspecified atom stereocenters. The largest absolute Gasteiger partial charge is 0.450 e. The van der Waals surface area contributed by atoms with Crippen molar-refractivity contribution in [1.82, 2.24) is 65.7 Å². The Bertz CT molecular complexity index is 1100. The van der Waals surface area contributed by atoms with Crippen LogP contribution < -0.4 is 0 Å². The molecule has 15 heteroatoms. The molecule has 4 fully saturated rings. The van der Waals surface area contributed by atoms with E-state index in [1.54, 1.807) is 0 Å². The molecule has 0 bridgehead atoms. The number of hydrogen-bond donors (Lipinski definition) is 2. The van der Waals surface area contributed by atoms with Crippen molar-refractivity contribution < 1.29 is 9.53 Å². The van der Waals surface area contributed by atoms with E-state index in [4.69, 9.17) is 9.84 Å². The molecule has 0 radical (unpaired) electrons. The van der Waals surface area contributed by atoms with Crippen molar-refractivity contribution in [2.45, 2.75) is 95.7 Å². The molecule has 2 aromatic heterocycles. The summed E-state index contributed by atoms with van der Waals surface area (Å²) in [5, 5.41) is 31.6. The lowest BCUT2D eigenvalue weighted by molar-refractivity contribution is -0.285. The van der Waals surface area contributed by atoms with Gasteiger partial charge in [-0.3, -0.25) is 24.5 Å². The Morgan fingerprint density at radius 2 is 1.46 bits per heavy atom. The Morgan fingerprint density at radius 1 is 0.854 bits per heavy atom. The van der Waals surface area contributed by atoms with Gasteiger partial charge in [0, 0.05) is 45.8 Å². The fourth-order valence-corrected chi connectivity index (χ4v) is 7.98. The van der Waals surface area contributed by atoms with Gasteiger partial charge in [0.05, 0.1) is 13.2 Å². The molecule has 2 aromatic rings. The lowest BCUT2D eigenvalue weighted by Gasteiger charge is -2.69. The van der Waals surface area contributed by atoms with Gasteiger partial charge in [-0.05, 0) is 52.4 Å². The number of piperidine rings is 3. The van der Waals surface area contributed by atoms with Crippen LogP contribution in [0.1, 0.15) is 83.3 Å². The summed E-state index contributed by atoms with van der Waals surface area (Å²) in [5.41, 5.74) is -1.84. The number of nitrogens with one attached hydrogen (secondary N) is 2. The molecule has 4 aliphatic rings. The molecule has 1 amide bonds. The van der Waals surface area contributed by atoms with Crippen LogP contribution in [0.2, 0.25) is 0 Å². The van der Waals surface area contributed by atoms with E-state index in [9.17, 15) is 4.79 Å². The summed E-state index contributed by atoms with van der Waals surface area (Å²) in [6.07, 6.45) is 9.51. The Labute approximate surface area is 241 Å². The standard InChI is InChI=1S/C26H45N13O2/c1-3-41-24(40)39-22(35-13-7-4-8-14-35)20-38(19-21-27-31-32-28-21)26(23-29-33-34-30-23,37-17-11-6-12-18-37)25(39,2)36-15-9-5-10-16-36/h22H,3-20H2,1-2H3,(H,27,28,31,32)(H,29,30,33,34). The maximum atomic E-state index is 14.4. The molecule has 4 aliphatic heterocycles. The molecule has 4 saturated heterocycles. The van der Waals surface area contributed by atoms with Crippen molar-refractivity contribution >= 4 is 6.09 Å². The van der Waals surface area contributed by atoms with Gasteiger partial charge in [0.25, 0.3) is 0 Å². The van der Waals surface area contributed by atoms with Crippen LogP contribution in [0.15, 0.2) is 0 Å². The van der Waals surface area contributed by atoms with Crippen LogP contribution in [-0.2, 0) is 16.9 Å². The monoisotopic (exact) mass is 571 g/mol. The normalized spacial score (nSPS) is 31.4. The third kappa shape index (κ3) is 4.89. The van der Waals surface area contributed by atoms with Crippen LogP contribution in [0.3, 0.4) is 0 Å². The van der Waals surface area contributed by atoms with E-state index in [0.29, 0.717) is 31.3 Å². The zero-order valence-electron chi connectivity index (χ0n) is 24.5. The molecule has 2 N–H and O–H groups in total. The van der Waals surface area contributed by atoms with Crippen LogP contribution in [0.5, 0.6) is 0 Å². The first-order valence-corrected chi connectivity index (χ1v) is 15.5. The lowest BCUT2D eigenvalue weighted by Crippen LogP contribution is -2.87. The van der Waals surface area contributed by atoms with Crippen LogP contribution in [0, 0.1) is 0 Å². The number of rotatable bonds is 7. The number of H-pyrrole nitrogens is 2. The molecular weight excluding hydrogens is 526 g/mol. The second-order valence-corrected chi connectivity index (χ2v) is 11.9. The summed E-state index contributed by atoms with van der Waals surface area (Å²) in [4.78, 5) is 26.3. The number of ether oxygens (including phenoxy) is 1. The predicted molar refractivity (Wildman–Crippen MR) is 148 cm³/mol. The minimum absolute atomic E-state index is 0.210. The molecule has 6 rings (SSSR count). The number of carbonyl (C=O) groups excluding carboxylic acids is 1. The molecule has 41 heavy (non-hydrogen) atoms. The summed E-state index contributed by atoms with van der Waals surface area (Å²) in [5.74, 6) is 1.15. The topological polar surface area (TPSA) is 151 Å². The highest BCUT2D eigenvalue weighted by atomic mass is 16.6. The Balaban J connectivity index is 1.60. The van der Waals surface area contributed by atoms with E-state index in [-0.39, 0.29) is 12.3 Å². The number of likely N-dealkylation sites (tertiary alicyclic amines) is 3. The van der Waals surface area contributed by atoms with Crippen LogP contribution in [0.4, 0.5) is 4.79 Å². The molecular formula is C26H45N13O2. The summed E-state index contributed by atoms with van der Waals surface area (Å²) < 4.78 is 5.92. The van der Waals surface area contributed by atoms with E-state index in [1.165, 1.54) is 19.3 Å². The van der Waals surface area contributed by atoms with E-state index in [1.807, 2.05) is 6.92 Å². The van der Waals surface area contributed by atoms with Gasteiger partial charge < -0.3 is 4.74 Å². The van der Waals surface area contributed by atoms with Crippen molar-refractivity contribution in [1.29, 1.82) is 0 Å². The molecule has 0 spiro atoms. The highest BCUT2D eigenvalue weighted by Crippen LogP contribution is 2.52. The van der Waals surface area contributed by atoms with Gasteiger partial charge in [-0.1, -0.05) is 29.7 Å². The maximum absolute atomic E-state index is 14.4. The van der Waals surface area contributed by atoms with E-state index in [0.717, 1.165) is 77.8 Å². The quantitative estimate of drug-likeness (QED) is 0.493. The second kappa shape index (κ2) is 12.2. The zero-order chi connectivity index (χ0) is 28.3. The van der Waals surface area contributed by atoms with E-state index < -0.39 is 11.3 Å². The molecule has 0 aromatic carbocycles. The first-order valence-electron chi connectivity index (χ1n) is 15.5. The van der Waals surface area contributed by atoms with Gasteiger partial charge in [0.2, 0.25) is 5.82 Å². The molecule has 15 nitrogen and oxygen atoms in total.